The SMILES string of the molecule is CC1CC=CC=C1c1cc(C2=CCC(C)(c3ccccc3)C=C2)c(F)c(N(C)c2ccccc2F)c1. The number of hydrogen-bond acceptors (Lipinski definition) is 1. The first kappa shape index (κ1) is 24.0. The molecule has 0 radical (unpaired) electrons. The summed E-state index contributed by atoms with van der Waals surface area (Å²) in [6, 6.07) is 20.7. The Morgan fingerprint density at radius 1 is 0.944 bits per heavy atom. The molecule has 0 fully saturated rings. The first-order valence-corrected chi connectivity index (χ1v) is 12.5. The standard InChI is InChI=1S/C33H31F2N/c1-23-11-7-8-14-27(23)25-21-28(24-17-19-33(2,20-18-24)26-12-5-4-6-13-26)32(35)31(22-25)36(3)30-16-10-9-15-29(30)34/h4-10,12-19,21-23H,11,20H2,1-3H3. The van der Waals surface area contributed by atoms with Gasteiger partial charge in [0.05, 0.1) is 11.4 Å². The van der Waals surface area contributed by atoms with Gasteiger partial charge >= 0.3 is 0 Å². The molecule has 0 saturated carbocycles. The molecule has 0 saturated heterocycles. The fourth-order valence-electron chi connectivity index (χ4n) is 5.17. The second-order valence-corrected chi connectivity index (χ2v) is 10.0. The van der Waals surface area contributed by atoms with Crippen LogP contribution < -0.4 is 4.90 Å². The minimum atomic E-state index is -0.380. The number of anilines is 2. The smallest absolute Gasteiger partial charge is 0.154 e. The van der Waals surface area contributed by atoms with Crippen molar-refractivity contribution in [3.8, 4) is 0 Å². The van der Waals surface area contributed by atoms with Crippen LogP contribution in [0.15, 0.2) is 103 Å². The summed E-state index contributed by atoms with van der Waals surface area (Å²) in [6.07, 6.45) is 14.4. The molecule has 0 aliphatic heterocycles. The topological polar surface area (TPSA) is 3.24 Å². The van der Waals surface area contributed by atoms with E-state index < -0.39 is 0 Å². The molecule has 36 heavy (non-hydrogen) atoms. The number of benzene rings is 3. The van der Waals surface area contributed by atoms with Crippen molar-refractivity contribution in [2.45, 2.75) is 32.1 Å². The highest BCUT2D eigenvalue weighted by Crippen LogP contribution is 2.41. The van der Waals surface area contributed by atoms with Crippen molar-refractivity contribution in [1.29, 1.82) is 0 Å². The summed E-state index contributed by atoms with van der Waals surface area (Å²) in [7, 11) is 1.72. The summed E-state index contributed by atoms with van der Waals surface area (Å²) in [5, 5.41) is 0. The van der Waals surface area contributed by atoms with Gasteiger partial charge in [0.2, 0.25) is 0 Å². The molecule has 0 spiro atoms. The predicted octanol–water partition coefficient (Wildman–Crippen LogP) is 9.01. The summed E-state index contributed by atoms with van der Waals surface area (Å²) in [6.45, 7) is 4.39. The Morgan fingerprint density at radius 3 is 2.39 bits per heavy atom. The van der Waals surface area contributed by atoms with E-state index in [1.807, 2.05) is 24.3 Å². The summed E-state index contributed by atoms with van der Waals surface area (Å²) in [4.78, 5) is 1.61. The van der Waals surface area contributed by atoms with Crippen molar-refractivity contribution < 1.29 is 8.78 Å². The fraction of sp³-hybridized carbons (Fsp3) is 0.212. The molecule has 3 aromatic rings. The van der Waals surface area contributed by atoms with E-state index in [0.29, 0.717) is 22.9 Å². The summed E-state index contributed by atoms with van der Waals surface area (Å²) < 4.78 is 30.9. The molecule has 0 aromatic heterocycles. The summed E-state index contributed by atoms with van der Waals surface area (Å²) in [5.41, 5.74) is 5.32. The molecule has 182 valence electrons. The van der Waals surface area contributed by atoms with Crippen LogP contribution in [0.2, 0.25) is 0 Å². The van der Waals surface area contributed by atoms with Crippen molar-refractivity contribution in [2.75, 3.05) is 11.9 Å². The minimum Gasteiger partial charge on any atom is -0.340 e. The lowest BCUT2D eigenvalue weighted by atomic mass is 9.75. The van der Waals surface area contributed by atoms with E-state index in [0.717, 1.165) is 29.6 Å². The van der Waals surface area contributed by atoms with Gasteiger partial charge < -0.3 is 4.90 Å². The molecule has 2 atom stereocenters. The van der Waals surface area contributed by atoms with Gasteiger partial charge in [-0.05, 0) is 65.3 Å². The number of para-hydroxylation sites is 1. The molecule has 0 N–H and O–H groups in total. The van der Waals surface area contributed by atoms with E-state index in [1.165, 1.54) is 11.6 Å². The number of nitrogens with zero attached hydrogens (tertiary/aromatic N) is 1. The Hall–Kier alpha value is -3.72. The molecular weight excluding hydrogens is 448 g/mol. The second kappa shape index (κ2) is 9.73. The Bertz CT molecular complexity index is 1400. The number of rotatable bonds is 5. The van der Waals surface area contributed by atoms with Crippen LogP contribution in [0.4, 0.5) is 20.2 Å². The summed E-state index contributed by atoms with van der Waals surface area (Å²) >= 11 is 0. The molecule has 2 aliphatic rings. The van der Waals surface area contributed by atoms with Gasteiger partial charge in [0.15, 0.2) is 5.82 Å². The first-order chi connectivity index (χ1) is 17.4. The van der Waals surface area contributed by atoms with Gasteiger partial charge in [-0.1, -0.05) is 92.8 Å². The average Bonchev–Trinajstić information content (AvgIpc) is 2.90. The first-order valence-electron chi connectivity index (χ1n) is 12.5. The maximum absolute atomic E-state index is 16.2. The molecule has 5 rings (SSSR count). The Kier molecular flexibility index (Phi) is 6.49. The normalized spacial score (nSPS) is 21.2. The lowest BCUT2D eigenvalue weighted by Gasteiger charge is -2.30. The number of halogens is 2. The zero-order valence-electron chi connectivity index (χ0n) is 21.0. The highest BCUT2D eigenvalue weighted by Gasteiger charge is 2.27. The van der Waals surface area contributed by atoms with Crippen molar-refractivity contribution in [3.63, 3.8) is 0 Å². The van der Waals surface area contributed by atoms with Gasteiger partial charge in [0.25, 0.3) is 0 Å². The van der Waals surface area contributed by atoms with E-state index in [4.69, 9.17) is 0 Å². The van der Waals surface area contributed by atoms with Crippen LogP contribution in [-0.4, -0.2) is 7.05 Å². The van der Waals surface area contributed by atoms with Gasteiger partial charge in [-0.25, -0.2) is 8.78 Å². The van der Waals surface area contributed by atoms with Crippen molar-refractivity contribution in [1.82, 2.24) is 0 Å². The van der Waals surface area contributed by atoms with Crippen LogP contribution in [0.5, 0.6) is 0 Å². The van der Waals surface area contributed by atoms with E-state index in [1.54, 1.807) is 30.1 Å². The molecule has 0 heterocycles. The zero-order chi connectivity index (χ0) is 25.3. The quantitative estimate of drug-likeness (QED) is 0.353. The highest BCUT2D eigenvalue weighted by atomic mass is 19.1. The third-order valence-electron chi connectivity index (χ3n) is 7.52. The van der Waals surface area contributed by atoms with E-state index in [9.17, 15) is 4.39 Å². The van der Waals surface area contributed by atoms with Gasteiger partial charge in [0.1, 0.15) is 5.82 Å². The largest absolute Gasteiger partial charge is 0.340 e. The molecule has 2 unspecified atom stereocenters. The average molecular weight is 480 g/mol. The third kappa shape index (κ3) is 4.46. The molecule has 3 heteroatoms. The monoisotopic (exact) mass is 479 g/mol. The van der Waals surface area contributed by atoms with Crippen molar-refractivity contribution >= 4 is 22.5 Å². The summed E-state index contributed by atoms with van der Waals surface area (Å²) in [5.74, 6) is -0.407. The Balaban J connectivity index is 1.61. The lowest BCUT2D eigenvalue weighted by molar-refractivity contribution is 0.598. The fourth-order valence-corrected chi connectivity index (χ4v) is 5.17. The van der Waals surface area contributed by atoms with Crippen LogP contribution in [0.3, 0.4) is 0 Å². The maximum atomic E-state index is 16.2. The second-order valence-electron chi connectivity index (χ2n) is 10.0. The molecule has 3 aromatic carbocycles. The van der Waals surface area contributed by atoms with Crippen LogP contribution in [-0.2, 0) is 5.41 Å². The van der Waals surface area contributed by atoms with Gasteiger partial charge in [-0.2, -0.15) is 0 Å². The molecule has 2 aliphatic carbocycles. The number of hydrogen-bond donors (Lipinski definition) is 0. The van der Waals surface area contributed by atoms with Crippen LogP contribution in [0.25, 0.3) is 11.1 Å². The Morgan fingerprint density at radius 2 is 1.69 bits per heavy atom. The molecule has 0 amide bonds. The lowest BCUT2D eigenvalue weighted by Crippen LogP contribution is -2.20. The van der Waals surface area contributed by atoms with Gasteiger partial charge in [0, 0.05) is 18.0 Å². The minimum absolute atomic E-state index is 0.142. The van der Waals surface area contributed by atoms with Crippen LogP contribution >= 0.6 is 0 Å². The zero-order valence-corrected chi connectivity index (χ0v) is 21.0. The number of allylic oxidation sites excluding steroid dienone is 8. The Labute approximate surface area is 212 Å². The maximum Gasteiger partial charge on any atom is 0.154 e. The predicted molar refractivity (Wildman–Crippen MR) is 147 cm³/mol. The third-order valence-corrected chi connectivity index (χ3v) is 7.52. The molecular formula is C33H31F2N. The highest BCUT2D eigenvalue weighted by molar-refractivity contribution is 5.84. The van der Waals surface area contributed by atoms with E-state index >= 15 is 4.39 Å². The molecule has 0 bridgehead atoms. The van der Waals surface area contributed by atoms with Crippen molar-refractivity contribution in [2.24, 2.45) is 5.92 Å². The van der Waals surface area contributed by atoms with Gasteiger partial charge in [-0.15, -0.1) is 0 Å². The van der Waals surface area contributed by atoms with E-state index in [2.05, 4.69) is 68.5 Å². The van der Waals surface area contributed by atoms with Crippen molar-refractivity contribution in [3.05, 3.63) is 132 Å². The van der Waals surface area contributed by atoms with Gasteiger partial charge in [-0.3, -0.25) is 0 Å². The van der Waals surface area contributed by atoms with Crippen LogP contribution in [0.1, 0.15) is 43.4 Å². The molecule has 1 nitrogen and oxygen atoms in total. The van der Waals surface area contributed by atoms with Crippen LogP contribution in [0, 0.1) is 17.6 Å². The van der Waals surface area contributed by atoms with E-state index in [-0.39, 0.29) is 17.0 Å².